The van der Waals surface area contributed by atoms with E-state index in [2.05, 4.69) is 19.2 Å². The van der Waals surface area contributed by atoms with E-state index in [1.807, 2.05) is 0 Å². The number of hydrogen-bond donors (Lipinski definition) is 6. The fraction of sp³-hybridized carbons (Fsp3) is 0.979. The van der Waals surface area contributed by atoms with Crippen LogP contribution in [0.15, 0.2) is 0 Å². The summed E-state index contributed by atoms with van der Waals surface area (Å²) in [5, 5.41) is 53.3. The standard InChI is InChI=1S/C48H97NO7/c1-3-5-7-9-11-13-15-17-18-19-20-21-22-23-24-25-26-27-29-31-33-35-37-39-47(54)49-43(41-56-42-46(53)45(52)40-50)48(55)44(51)38-36-34-32-30-28-16-14-12-10-8-6-4-2/h43-46,48,50-53,55H,3-42H2,1-2H3,(H,49,54). The SMILES string of the molecule is CCCCCCCCCCCCCCCCCCCCCCCCCC(=O)NC(COCC(O)C(O)CO)C(O)C(O)CCCCCCCCCCCCCC. The zero-order valence-corrected chi connectivity index (χ0v) is 37.2. The van der Waals surface area contributed by atoms with Crippen molar-refractivity contribution in [1.82, 2.24) is 5.32 Å². The molecule has 0 bridgehead atoms. The first-order chi connectivity index (χ1) is 27.4. The number of nitrogens with one attached hydrogen (secondary N) is 1. The smallest absolute Gasteiger partial charge is 0.220 e. The van der Waals surface area contributed by atoms with Gasteiger partial charge in [-0.15, -0.1) is 0 Å². The normalized spacial score (nSPS) is 14.5. The average Bonchev–Trinajstić information content (AvgIpc) is 3.20. The molecule has 5 atom stereocenters. The van der Waals surface area contributed by atoms with Crippen LogP contribution in [-0.4, -0.2) is 81.7 Å². The lowest BCUT2D eigenvalue weighted by Crippen LogP contribution is -2.51. The largest absolute Gasteiger partial charge is 0.394 e. The number of ether oxygens (including phenoxy) is 1. The van der Waals surface area contributed by atoms with Crippen LogP contribution in [0.3, 0.4) is 0 Å². The molecule has 0 aromatic carbocycles. The van der Waals surface area contributed by atoms with Crippen molar-refractivity contribution in [1.29, 1.82) is 0 Å². The quantitative estimate of drug-likeness (QED) is 0.0337. The Morgan fingerprint density at radius 1 is 0.429 bits per heavy atom. The van der Waals surface area contributed by atoms with Crippen LogP contribution in [-0.2, 0) is 9.53 Å². The maximum atomic E-state index is 12.8. The zero-order valence-electron chi connectivity index (χ0n) is 37.2. The highest BCUT2D eigenvalue weighted by atomic mass is 16.5. The lowest BCUT2D eigenvalue weighted by atomic mass is 9.99. The summed E-state index contributed by atoms with van der Waals surface area (Å²) < 4.78 is 5.52. The van der Waals surface area contributed by atoms with E-state index in [1.54, 1.807) is 0 Å². The summed E-state index contributed by atoms with van der Waals surface area (Å²) >= 11 is 0. The molecule has 336 valence electrons. The van der Waals surface area contributed by atoms with Gasteiger partial charge in [-0.05, 0) is 12.8 Å². The third-order valence-electron chi connectivity index (χ3n) is 11.7. The van der Waals surface area contributed by atoms with Gasteiger partial charge in [0.15, 0.2) is 0 Å². The number of carbonyl (C=O) groups is 1. The van der Waals surface area contributed by atoms with Crippen molar-refractivity contribution in [3.8, 4) is 0 Å². The van der Waals surface area contributed by atoms with E-state index >= 15 is 0 Å². The Morgan fingerprint density at radius 2 is 0.750 bits per heavy atom. The van der Waals surface area contributed by atoms with Crippen molar-refractivity contribution < 1.29 is 35.1 Å². The molecule has 0 aromatic rings. The Labute approximate surface area is 347 Å². The van der Waals surface area contributed by atoms with Gasteiger partial charge in [-0.3, -0.25) is 4.79 Å². The molecule has 0 aromatic heterocycles. The molecule has 5 unspecified atom stereocenters. The van der Waals surface area contributed by atoms with Crippen molar-refractivity contribution in [3.05, 3.63) is 0 Å². The van der Waals surface area contributed by atoms with Gasteiger partial charge in [0.1, 0.15) is 18.3 Å². The molecule has 0 fully saturated rings. The van der Waals surface area contributed by atoms with Gasteiger partial charge in [0.25, 0.3) is 0 Å². The molecule has 0 saturated heterocycles. The van der Waals surface area contributed by atoms with Gasteiger partial charge < -0.3 is 35.6 Å². The molecule has 8 nitrogen and oxygen atoms in total. The molecule has 56 heavy (non-hydrogen) atoms. The predicted octanol–water partition coefficient (Wildman–Crippen LogP) is 11.4. The fourth-order valence-corrected chi connectivity index (χ4v) is 7.76. The molecule has 0 aliphatic rings. The predicted molar refractivity (Wildman–Crippen MR) is 236 cm³/mol. The van der Waals surface area contributed by atoms with Gasteiger partial charge in [-0.2, -0.15) is 0 Å². The van der Waals surface area contributed by atoms with Gasteiger partial charge in [0.2, 0.25) is 5.91 Å². The minimum absolute atomic E-state index is 0.114. The molecule has 0 heterocycles. The van der Waals surface area contributed by atoms with E-state index in [0.29, 0.717) is 12.8 Å². The summed E-state index contributed by atoms with van der Waals surface area (Å²) in [6.45, 7) is 3.57. The number of amides is 1. The zero-order chi connectivity index (χ0) is 41.2. The molecule has 0 spiro atoms. The Morgan fingerprint density at radius 3 is 1.09 bits per heavy atom. The number of aliphatic hydroxyl groups is 5. The molecule has 6 N–H and O–H groups in total. The van der Waals surface area contributed by atoms with Crippen LogP contribution in [0.25, 0.3) is 0 Å². The van der Waals surface area contributed by atoms with Crippen LogP contribution in [0.5, 0.6) is 0 Å². The third-order valence-corrected chi connectivity index (χ3v) is 11.7. The molecule has 0 aliphatic carbocycles. The summed E-state index contributed by atoms with van der Waals surface area (Å²) in [4.78, 5) is 12.8. The van der Waals surface area contributed by atoms with Crippen LogP contribution < -0.4 is 5.32 Å². The molecule has 0 saturated carbocycles. The number of unbranched alkanes of at least 4 members (excludes halogenated alkanes) is 33. The Kier molecular flexibility index (Phi) is 43.2. The minimum atomic E-state index is -1.33. The van der Waals surface area contributed by atoms with Crippen LogP contribution in [0.4, 0.5) is 0 Å². The molecule has 1 amide bonds. The van der Waals surface area contributed by atoms with Gasteiger partial charge >= 0.3 is 0 Å². The van der Waals surface area contributed by atoms with E-state index in [9.17, 15) is 25.2 Å². The maximum absolute atomic E-state index is 12.8. The van der Waals surface area contributed by atoms with E-state index in [4.69, 9.17) is 9.84 Å². The van der Waals surface area contributed by atoms with Gasteiger partial charge in [0.05, 0.1) is 32.0 Å². The topological polar surface area (TPSA) is 139 Å². The molecular formula is C48H97NO7. The van der Waals surface area contributed by atoms with Gasteiger partial charge in [0, 0.05) is 6.42 Å². The Hall–Kier alpha value is -0.770. The molecule has 8 heteroatoms. The maximum Gasteiger partial charge on any atom is 0.220 e. The van der Waals surface area contributed by atoms with E-state index < -0.39 is 37.1 Å². The van der Waals surface area contributed by atoms with Crippen molar-refractivity contribution in [2.75, 3.05) is 19.8 Å². The highest BCUT2D eigenvalue weighted by molar-refractivity contribution is 5.76. The number of rotatable bonds is 46. The summed E-state index contributed by atoms with van der Waals surface area (Å²) in [7, 11) is 0. The van der Waals surface area contributed by atoms with E-state index in [0.717, 1.165) is 38.5 Å². The first-order valence-electron chi connectivity index (χ1n) is 24.6. The second-order valence-electron chi connectivity index (χ2n) is 17.3. The van der Waals surface area contributed by atoms with Crippen molar-refractivity contribution >= 4 is 5.91 Å². The van der Waals surface area contributed by atoms with Gasteiger partial charge in [-0.1, -0.05) is 232 Å². The third kappa shape index (κ3) is 37.5. The summed E-state index contributed by atoms with van der Waals surface area (Å²) in [6, 6.07) is -0.835. The number of carbonyl (C=O) groups excluding carboxylic acids is 1. The van der Waals surface area contributed by atoms with Crippen LogP contribution >= 0.6 is 0 Å². The van der Waals surface area contributed by atoms with Crippen molar-refractivity contribution in [3.63, 3.8) is 0 Å². The Bertz CT molecular complexity index is 787. The molecular weight excluding hydrogens is 703 g/mol. The van der Waals surface area contributed by atoms with E-state index in [-0.39, 0.29) is 19.1 Å². The first-order valence-corrected chi connectivity index (χ1v) is 24.6. The second kappa shape index (κ2) is 43.8. The Balaban J connectivity index is 4.05. The number of hydrogen-bond acceptors (Lipinski definition) is 7. The molecule has 0 radical (unpaired) electrons. The van der Waals surface area contributed by atoms with Crippen LogP contribution in [0.1, 0.15) is 251 Å². The minimum Gasteiger partial charge on any atom is -0.394 e. The highest BCUT2D eigenvalue weighted by Crippen LogP contribution is 2.18. The molecule has 0 aliphatic heterocycles. The van der Waals surface area contributed by atoms with Crippen LogP contribution in [0, 0.1) is 0 Å². The van der Waals surface area contributed by atoms with Crippen molar-refractivity contribution in [2.24, 2.45) is 0 Å². The lowest BCUT2D eigenvalue weighted by Gasteiger charge is -2.28. The monoisotopic (exact) mass is 800 g/mol. The lowest BCUT2D eigenvalue weighted by molar-refractivity contribution is -0.125. The average molecular weight is 800 g/mol. The fourth-order valence-electron chi connectivity index (χ4n) is 7.76. The highest BCUT2D eigenvalue weighted by Gasteiger charge is 2.28. The summed E-state index contributed by atoms with van der Waals surface area (Å²) in [5.41, 5.74) is 0. The first kappa shape index (κ1) is 55.2. The van der Waals surface area contributed by atoms with E-state index in [1.165, 1.54) is 186 Å². The molecule has 0 rings (SSSR count). The number of aliphatic hydroxyl groups excluding tert-OH is 5. The van der Waals surface area contributed by atoms with Gasteiger partial charge in [-0.25, -0.2) is 0 Å². The van der Waals surface area contributed by atoms with Crippen molar-refractivity contribution in [2.45, 2.75) is 282 Å². The second-order valence-corrected chi connectivity index (χ2v) is 17.3. The summed E-state index contributed by atoms with van der Waals surface area (Å²) in [6.07, 6.45) is 41.1. The summed E-state index contributed by atoms with van der Waals surface area (Å²) in [5.74, 6) is -0.186. The van der Waals surface area contributed by atoms with Crippen LogP contribution in [0.2, 0.25) is 0 Å².